The summed E-state index contributed by atoms with van der Waals surface area (Å²) in [4.78, 5) is 8.10. The summed E-state index contributed by atoms with van der Waals surface area (Å²) in [6, 6.07) is 3.64. The molecule has 0 atom stereocenters. The molecule has 0 fully saturated rings. The predicted octanol–water partition coefficient (Wildman–Crippen LogP) is 1.11. The van der Waals surface area contributed by atoms with Gasteiger partial charge in [0.25, 0.3) is 0 Å². The number of nitrogens with zero attached hydrogens (tertiary/aromatic N) is 2. The van der Waals surface area contributed by atoms with E-state index in [-0.39, 0.29) is 0 Å². The summed E-state index contributed by atoms with van der Waals surface area (Å²) in [7, 11) is 0. The van der Waals surface area contributed by atoms with Gasteiger partial charge in [-0.2, -0.15) is 0 Å². The van der Waals surface area contributed by atoms with Crippen molar-refractivity contribution >= 4 is 0 Å². The van der Waals surface area contributed by atoms with Crippen LogP contribution >= 0.6 is 0 Å². The topological polar surface area (TPSA) is 74.2 Å². The SMILES string of the molecule is NCc1nccnc1OCc1ccco1. The van der Waals surface area contributed by atoms with Gasteiger partial charge in [-0.25, -0.2) is 4.98 Å². The van der Waals surface area contributed by atoms with E-state index in [2.05, 4.69) is 9.97 Å². The summed E-state index contributed by atoms with van der Waals surface area (Å²) in [6.45, 7) is 0.639. The lowest BCUT2D eigenvalue weighted by Crippen LogP contribution is -2.06. The quantitative estimate of drug-likeness (QED) is 0.809. The van der Waals surface area contributed by atoms with Gasteiger partial charge in [0, 0.05) is 18.9 Å². The Morgan fingerprint density at radius 1 is 1.33 bits per heavy atom. The lowest BCUT2D eigenvalue weighted by atomic mass is 10.4. The molecule has 0 aromatic carbocycles. The van der Waals surface area contributed by atoms with Gasteiger partial charge in [0.15, 0.2) is 0 Å². The molecule has 0 aliphatic rings. The van der Waals surface area contributed by atoms with Crippen molar-refractivity contribution in [1.29, 1.82) is 0 Å². The Hall–Kier alpha value is -1.88. The number of aromatic nitrogens is 2. The van der Waals surface area contributed by atoms with Gasteiger partial charge in [-0.15, -0.1) is 0 Å². The molecule has 2 heterocycles. The Kier molecular flexibility index (Phi) is 2.94. The van der Waals surface area contributed by atoms with E-state index in [0.29, 0.717) is 24.7 Å². The van der Waals surface area contributed by atoms with E-state index in [1.165, 1.54) is 0 Å². The zero-order chi connectivity index (χ0) is 10.5. The minimum Gasteiger partial charge on any atom is -0.468 e. The third kappa shape index (κ3) is 2.32. The molecule has 2 rings (SSSR count). The van der Waals surface area contributed by atoms with E-state index in [1.54, 1.807) is 24.7 Å². The van der Waals surface area contributed by atoms with Crippen LogP contribution in [0.4, 0.5) is 0 Å². The fourth-order valence-corrected chi connectivity index (χ4v) is 1.15. The van der Waals surface area contributed by atoms with Crippen LogP contribution in [-0.4, -0.2) is 9.97 Å². The van der Waals surface area contributed by atoms with Crippen LogP contribution in [0.3, 0.4) is 0 Å². The fraction of sp³-hybridized carbons (Fsp3) is 0.200. The normalized spacial score (nSPS) is 10.2. The van der Waals surface area contributed by atoms with Crippen LogP contribution in [0.15, 0.2) is 35.2 Å². The lowest BCUT2D eigenvalue weighted by Gasteiger charge is -2.05. The Morgan fingerprint density at radius 2 is 2.20 bits per heavy atom. The van der Waals surface area contributed by atoms with Crippen LogP contribution in [0.5, 0.6) is 5.88 Å². The van der Waals surface area contributed by atoms with Crippen molar-refractivity contribution in [2.75, 3.05) is 0 Å². The van der Waals surface area contributed by atoms with Crippen LogP contribution in [0.25, 0.3) is 0 Å². The van der Waals surface area contributed by atoms with Gasteiger partial charge in [-0.3, -0.25) is 4.98 Å². The standard InChI is InChI=1S/C10H11N3O2/c11-6-9-10(13-4-3-12-9)15-7-8-2-1-5-14-8/h1-5H,6-7,11H2. The van der Waals surface area contributed by atoms with Gasteiger partial charge in [0.05, 0.1) is 6.26 Å². The second-order valence-electron chi connectivity index (χ2n) is 2.88. The first kappa shape index (κ1) is 9.67. The second-order valence-corrected chi connectivity index (χ2v) is 2.88. The molecule has 0 bridgehead atoms. The minimum absolute atomic E-state index is 0.307. The maximum atomic E-state index is 5.49. The number of rotatable bonds is 4. The monoisotopic (exact) mass is 205 g/mol. The van der Waals surface area contributed by atoms with Crippen molar-refractivity contribution in [3.05, 3.63) is 42.2 Å². The van der Waals surface area contributed by atoms with E-state index in [4.69, 9.17) is 14.9 Å². The molecular weight excluding hydrogens is 194 g/mol. The summed E-state index contributed by atoms with van der Waals surface area (Å²) in [5.41, 5.74) is 6.14. The predicted molar refractivity (Wildman–Crippen MR) is 53.0 cm³/mol. The molecule has 0 amide bonds. The number of ether oxygens (including phenoxy) is 1. The zero-order valence-corrected chi connectivity index (χ0v) is 8.09. The van der Waals surface area contributed by atoms with Crippen LogP contribution in [0.2, 0.25) is 0 Å². The van der Waals surface area contributed by atoms with E-state index in [9.17, 15) is 0 Å². The van der Waals surface area contributed by atoms with Crippen molar-refractivity contribution in [3.63, 3.8) is 0 Å². The molecular formula is C10H11N3O2. The summed E-state index contributed by atoms with van der Waals surface area (Å²) in [5.74, 6) is 1.19. The number of nitrogens with two attached hydrogens (primary N) is 1. The average Bonchev–Trinajstić information content (AvgIpc) is 2.79. The Bertz CT molecular complexity index is 414. The van der Waals surface area contributed by atoms with E-state index in [0.717, 1.165) is 5.76 Å². The molecule has 0 saturated heterocycles. The molecule has 0 aliphatic carbocycles. The Balaban J connectivity index is 2.04. The van der Waals surface area contributed by atoms with Gasteiger partial charge in [0.1, 0.15) is 18.1 Å². The first-order valence-electron chi connectivity index (χ1n) is 4.55. The van der Waals surface area contributed by atoms with Gasteiger partial charge in [-0.05, 0) is 12.1 Å². The highest BCUT2D eigenvalue weighted by atomic mass is 16.5. The third-order valence-corrected chi connectivity index (χ3v) is 1.86. The summed E-state index contributed by atoms with van der Waals surface area (Å²) < 4.78 is 10.5. The maximum Gasteiger partial charge on any atom is 0.237 e. The smallest absolute Gasteiger partial charge is 0.237 e. The molecule has 2 aromatic heterocycles. The molecule has 2 aromatic rings. The zero-order valence-electron chi connectivity index (χ0n) is 8.09. The minimum atomic E-state index is 0.307. The highest BCUT2D eigenvalue weighted by Crippen LogP contribution is 2.12. The highest BCUT2D eigenvalue weighted by Gasteiger charge is 2.05. The molecule has 0 radical (unpaired) electrons. The van der Waals surface area contributed by atoms with E-state index < -0.39 is 0 Å². The van der Waals surface area contributed by atoms with Crippen LogP contribution in [0.1, 0.15) is 11.5 Å². The Labute approximate surface area is 86.9 Å². The van der Waals surface area contributed by atoms with Crippen LogP contribution < -0.4 is 10.5 Å². The highest BCUT2D eigenvalue weighted by molar-refractivity contribution is 5.17. The fourth-order valence-electron chi connectivity index (χ4n) is 1.15. The maximum absolute atomic E-state index is 5.49. The van der Waals surface area contributed by atoms with E-state index >= 15 is 0 Å². The van der Waals surface area contributed by atoms with Gasteiger partial charge in [-0.1, -0.05) is 0 Å². The molecule has 5 heteroatoms. The molecule has 5 nitrogen and oxygen atoms in total. The third-order valence-electron chi connectivity index (χ3n) is 1.86. The van der Waals surface area contributed by atoms with Crippen molar-refractivity contribution in [2.24, 2.45) is 5.73 Å². The molecule has 15 heavy (non-hydrogen) atoms. The molecule has 2 N–H and O–H groups in total. The summed E-state index contributed by atoms with van der Waals surface area (Å²) >= 11 is 0. The number of hydrogen-bond acceptors (Lipinski definition) is 5. The average molecular weight is 205 g/mol. The van der Waals surface area contributed by atoms with Gasteiger partial charge >= 0.3 is 0 Å². The van der Waals surface area contributed by atoms with E-state index in [1.807, 2.05) is 6.07 Å². The Morgan fingerprint density at radius 3 is 2.93 bits per heavy atom. The number of hydrogen-bond donors (Lipinski definition) is 1. The van der Waals surface area contributed by atoms with Crippen LogP contribution in [-0.2, 0) is 13.2 Å². The number of furan rings is 1. The first-order valence-corrected chi connectivity index (χ1v) is 4.55. The van der Waals surface area contributed by atoms with Crippen molar-refractivity contribution in [3.8, 4) is 5.88 Å². The van der Waals surface area contributed by atoms with Gasteiger partial charge < -0.3 is 14.9 Å². The summed E-state index contributed by atoms with van der Waals surface area (Å²) in [6.07, 6.45) is 4.75. The molecule has 78 valence electrons. The largest absolute Gasteiger partial charge is 0.468 e. The lowest BCUT2D eigenvalue weighted by molar-refractivity contribution is 0.256. The van der Waals surface area contributed by atoms with Crippen LogP contribution in [0, 0.1) is 0 Å². The molecule has 0 unspecified atom stereocenters. The molecule has 0 saturated carbocycles. The molecule has 0 aliphatic heterocycles. The summed E-state index contributed by atoms with van der Waals surface area (Å²) in [5, 5.41) is 0. The van der Waals surface area contributed by atoms with Crippen molar-refractivity contribution in [1.82, 2.24) is 9.97 Å². The van der Waals surface area contributed by atoms with Crippen molar-refractivity contribution < 1.29 is 9.15 Å². The second kappa shape index (κ2) is 4.56. The van der Waals surface area contributed by atoms with Crippen molar-refractivity contribution in [2.45, 2.75) is 13.2 Å². The molecule has 0 spiro atoms. The first-order chi connectivity index (χ1) is 7.40. The van der Waals surface area contributed by atoms with Gasteiger partial charge in [0.2, 0.25) is 5.88 Å².